The first-order valence-corrected chi connectivity index (χ1v) is 9.96. The molecule has 0 fully saturated rings. The summed E-state index contributed by atoms with van der Waals surface area (Å²) in [5.41, 5.74) is 10.6. The first kappa shape index (κ1) is 20.8. The van der Waals surface area contributed by atoms with Crippen LogP contribution in [0.2, 0.25) is 0 Å². The van der Waals surface area contributed by atoms with Gasteiger partial charge in [0.2, 0.25) is 5.91 Å². The molecule has 0 aliphatic heterocycles. The van der Waals surface area contributed by atoms with Gasteiger partial charge in [0.25, 0.3) is 0 Å². The van der Waals surface area contributed by atoms with Crippen LogP contribution in [0.5, 0.6) is 0 Å². The third kappa shape index (κ3) is 6.85. The molecule has 2 N–H and O–H groups in total. The van der Waals surface area contributed by atoms with Gasteiger partial charge in [0, 0.05) is 38.6 Å². The largest absolute Gasteiger partial charge is 0.666 e. The summed E-state index contributed by atoms with van der Waals surface area (Å²) >= 11 is 0. The van der Waals surface area contributed by atoms with Gasteiger partial charge in [-0.1, -0.05) is 60.7 Å². The number of aromatic nitrogens is 2. The molecule has 3 aromatic rings. The lowest BCUT2D eigenvalue weighted by Crippen LogP contribution is -2.42. The fraction of sp³-hybridized carbons (Fsp3) is 0.304. The molecule has 1 aromatic heterocycles. The minimum absolute atomic E-state index is 0.139. The second kappa shape index (κ2) is 11.1. The predicted octanol–water partition coefficient (Wildman–Crippen LogP) is 3.51. The van der Waals surface area contributed by atoms with Gasteiger partial charge >= 0.3 is 0 Å². The van der Waals surface area contributed by atoms with Gasteiger partial charge in [-0.05, 0) is 30.1 Å². The third-order valence-electron chi connectivity index (χ3n) is 4.75. The normalized spacial score (nSPS) is 11.9. The number of carbonyl (C=O) groups excluding carboxylic acids is 1. The van der Waals surface area contributed by atoms with Crippen molar-refractivity contribution in [2.24, 2.45) is 0 Å². The number of hydrogen-bond acceptors (Lipinski definition) is 3. The van der Waals surface area contributed by atoms with Crippen molar-refractivity contribution in [2.75, 3.05) is 13.1 Å². The van der Waals surface area contributed by atoms with Crippen molar-refractivity contribution in [2.45, 2.75) is 32.1 Å². The molecule has 0 radical (unpaired) electrons. The maximum absolute atomic E-state index is 13.0. The van der Waals surface area contributed by atoms with Crippen molar-refractivity contribution in [1.29, 1.82) is 0 Å². The average molecular weight is 391 g/mol. The van der Waals surface area contributed by atoms with Crippen molar-refractivity contribution >= 4 is 5.91 Å². The molecule has 0 saturated carbocycles. The molecule has 152 valence electrons. The molecule has 6 nitrogen and oxygen atoms in total. The molecule has 0 aliphatic rings. The molecule has 1 atom stereocenters. The molecule has 1 heterocycles. The summed E-state index contributed by atoms with van der Waals surface area (Å²) in [6.45, 7) is 2.93. The van der Waals surface area contributed by atoms with Crippen LogP contribution in [-0.4, -0.2) is 39.5 Å². The molecule has 29 heavy (non-hydrogen) atoms. The van der Waals surface area contributed by atoms with E-state index >= 15 is 0 Å². The molecule has 0 saturated heterocycles. The highest BCUT2D eigenvalue weighted by atomic mass is 16.2. The molecular formula is C23H28N5O-. The van der Waals surface area contributed by atoms with Crippen LogP contribution in [0.25, 0.3) is 5.73 Å². The second-order valence-electron chi connectivity index (χ2n) is 7.07. The zero-order valence-corrected chi connectivity index (χ0v) is 16.6. The molecule has 0 bridgehead atoms. The van der Waals surface area contributed by atoms with Crippen LogP contribution in [0.15, 0.2) is 79.4 Å². The van der Waals surface area contributed by atoms with E-state index in [0.717, 1.165) is 24.1 Å². The Bertz CT molecular complexity index is 836. The number of rotatable bonds is 11. The quantitative estimate of drug-likeness (QED) is 0.544. The fourth-order valence-corrected chi connectivity index (χ4v) is 3.20. The van der Waals surface area contributed by atoms with E-state index in [0.29, 0.717) is 26.2 Å². The van der Waals surface area contributed by atoms with Crippen LogP contribution in [0, 0.1) is 0 Å². The monoisotopic (exact) mass is 390 g/mol. The van der Waals surface area contributed by atoms with Gasteiger partial charge in [-0.2, -0.15) is 0 Å². The van der Waals surface area contributed by atoms with Crippen molar-refractivity contribution in [3.8, 4) is 0 Å². The molecule has 2 aromatic carbocycles. The summed E-state index contributed by atoms with van der Waals surface area (Å²) in [4.78, 5) is 18.8. The lowest BCUT2D eigenvalue weighted by Gasteiger charge is -2.30. The molecule has 0 spiro atoms. The van der Waals surface area contributed by atoms with E-state index < -0.39 is 6.04 Å². The van der Waals surface area contributed by atoms with Crippen LogP contribution in [-0.2, 0) is 24.4 Å². The second-order valence-corrected chi connectivity index (χ2v) is 7.07. The van der Waals surface area contributed by atoms with Gasteiger partial charge in [0.15, 0.2) is 0 Å². The minimum Gasteiger partial charge on any atom is -0.666 e. The van der Waals surface area contributed by atoms with Gasteiger partial charge in [0.1, 0.15) is 0 Å². The number of hydrogen-bond donors (Lipinski definition) is 1. The summed E-state index contributed by atoms with van der Waals surface area (Å²) in [5, 5.41) is 3.23. The van der Waals surface area contributed by atoms with E-state index in [-0.39, 0.29) is 5.91 Å². The highest BCUT2D eigenvalue weighted by molar-refractivity contribution is 5.83. The van der Waals surface area contributed by atoms with Crippen LogP contribution in [0.1, 0.15) is 17.5 Å². The minimum atomic E-state index is -0.823. The first-order chi connectivity index (χ1) is 14.2. The fourth-order valence-electron chi connectivity index (χ4n) is 3.20. The Hall–Kier alpha value is -2.96. The summed E-state index contributed by atoms with van der Waals surface area (Å²) in [7, 11) is 0. The first-order valence-electron chi connectivity index (χ1n) is 9.96. The lowest BCUT2D eigenvalue weighted by molar-refractivity contribution is -0.132. The predicted molar refractivity (Wildman–Crippen MR) is 115 cm³/mol. The third-order valence-corrected chi connectivity index (χ3v) is 4.75. The maximum atomic E-state index is 13.0. The standard InChI is InChI=1S/C23H28N5O/c24-22(17-26-16-20-8-3-1-4-9-20)23(29)28(18-21-10-5-2-6-11-21)14-7-13-27-15-12-25-19-27/h1-6,8-12,15,19,22,24,26H,7,13-14,16-18H2/q-1/t22-/m1/s1. The SMILES string of the molecule is [NH-][C@H](CNCc1ccccc1)C(=O)N(CCCn1ccnc1)Cc1ccccc1. The smallest absolute Gasteiger partial charge is 0.206 e. The van der Waals surface area contributed by atoms with E-state index in [1.165, 1.54) is 0 Å². The molecule has 1 amide bonds. The van der Waals surface area contributed by atoms with Gasteiger partial charge in [0.05, 0.1) is 6.33 Å². The number of benzene rings is 2. The van der Waals surface area contributed by atoms with Gasteiger partial charge in [-0.15, -0.1) is 0 Å². The summed E-state index contributed by atoms with van der Waals surface area (Å²) in [6.07, 6.45) is 6.28. The van der Waals surface area contributed by atoms with Gasteiger partial charge < -0.3 is 20.5 Å². The van der Waals surface area contributed by atoms with Crippen molar-refractivity contribution in [3.63, 3.8) is 0 Å². The van der Waals surface area contributed by atoms with Gasteiger partial charge in [-0.25, -0.2) is 4.98 Å². The highest BCUT2D eigenvalue weighted by Crippen LogP contribution is 2.09. The topological polar surface area (TPSA) is 74.0 Å². The molecule has 3 rings (SSSR count). The Kier molecular flexibility index (Phi) is 7.98. The van der Waals surface area contributed by atoms with E-state index in [2.05, 4.69) is 10.3 Å². The number of nitrogens with one attached hydrogen (secondary N) is 2. The van der Waals surface area contributed by atoms with Crippen LogP contribution in [0.4, 0.5) is 0 Å². The zero-order valence-electron chi connectivity index (χ0n) is 16.6. The van der Waals surface area contributed by atoms with Crippen molar-refractivity contribution in [1.82, 2.24) is 19.8 Å². The van der Waals surface area contributed by atoms with Crippen LogP contribution < -0.4 is 5.32 Å². The van der Waals surface area contributed by atoms with E-state index in [9.17, 15) is 4.79 Å². The number of amides is 1. The maximum Gasteiger partial charge on any atom is 0.206 e. The Balaban J connectivity index is 1.54. The molecule has 0 unspecified atom stereocenters. The summed E-state index contributed by atoms with van der Waals surface area (Å²) in [6, 6.07) is 19.1. The van der Waals surface area contributed by atoms with Crippen molar-refractivity contribution < 1.29 is 4.79 Å². The van der Waals surface area contributed by atoms with E-state index in [1.807, 2.05) is 71.4 Å². The zero-order chi connectivity index (χ0) is 20.3. The summed E-state index contributed by atoms with van der Waals surface area (Å²) in [5.74, 6) is -0.139. The number of carbonyl (C=O) groups is 1. The molecule has 0 aliphatic carbocycles. The number of aryl methyl sites for hydroxylation is 1. The molecule has 6 heteroatoms. The lowest BCUT2D eigenvalue weighted by atomic mass is 10.1. The van der Waals surface area contributed by atoms with E-state index in [4.69, 9.17) is 5.73 Å². The average Bonchev–Trinajstić information content (AvgIpc) is 3.27. The Morgan fingerprint density at radius 1 is 1.07 bits per heavy atom. The number of imidazole rings is 1. The van der Waals surface area contributed by atoms with E-state index in [1.54, 1.807) is 17.4 Å². The Morgan fingerprint density at radius 3 is 2.41 bits per heavy atom. The van der Waals surface area contributed by atoms with Crippen LogP contribution in [0.3, 0.4) is 0 Å². The van der Waals surface area contributed by atoms with Gasteiger partial charge in [-0.3, -0.25) is 4.79 Å². The number of nitrogens with zero attached hydrogens (tertiary/aromatic N) is 3. The highest BCUT2D eigenvalue weighted by Gasteiger charge is 2.16. The van der Waals surface area contributed by atoms with Crippen LogP contribution >= 0.6 is 0 Å². The molecular weight excluding hydrogens is 362 g/mol. The Labute approximate surface area is 172 Å². The Morgan fingerprint density at radius 2 is 1.76 bits per heavy atom. The summed E-state index contributed by atoms with van der Waals surface area (Å²) < 4.78 is 2.00. The van der Waals surface area contributed by atoms with Crippen molar-refractivity contribution in [3.05, 3.63) is 96.2 Å².